The average molecular weight is 343 g/mol. The molecule has 2 aromatic heterocycles. The lowest BCUT2D eigenvalue weighted by molar-refractivity contribution is 0.622. The van der Waals surface area contributed by atoms with Gasteiger partial charge in [0.2, 0.25) is 5.95 Å². The second-order valence-electron chi connectivity index (χ2n) is 5.82. The maximum atomic E-state index is 5.95. The van der Waals surface area contributed by atoms with Gasteiger partial charge in [0.1, 0.15) is 5.82 Å². The number of hydrogen-bond donors (Lipinski definition) is 0. The van der Waals surface area contributed by atoms with Gasteiger partial charge in [-0.3, -0.25) is 0 Å². The van der Waals surface area contributed by atoms with Gasteiger partial charge in [0.25, 0.3) is 0 Å². The third kappa shape index (κ3) is 3.54. The average Bonchev–Trinajstić information content (AvgIpc) is 2.98. The van der Waals surface area contributed by atoms with Crippen molar-refractivity contribution in [3.8, 4) is 11.3 Å². The molecular formula is C17H19ClN6. The Morgan fingerprint density at radius 1 is 1.21 bits per heavy atom. The lowest BCUT2D eigenvalue weighted by atomic mass is 10.2. The monoisotopic (exact) mass is 342 g/mol. The molecule has 6 nitrogen and oxygen atoms in total. The molecule has 0 radical (unpaired) electrons. The molecule has 0 fully saturated rings. The van der Waals surface area contributed by atoms with Gasteiger partial charge >= 0.3 is 0 Å². The van der Waals surface area contributed by atoms with Crippen LogP contribution < -0.4 is 4.90 Å². The summed E-state index contributed by atoms with van der Waals surface area (Å²) in [7, 11) is 1.98. The Kier molecular flexibility index (Phi) is 4.76. The molecule has 7 heteroatoms. The van der Waals surface area contributed by atoms with E-state index in [9.17, 15) is 0 Å². The fourth-order valence-corrected chi connectivity index (χ4v) is 2.49. The van der Waals surface area contributed by atoms with Crippen molar-refractivity contribution >= 4 is 17.5 Å². The van der Waals surface area contributed by atoms with Crippen molar-refractivity contribution < 1.29 is 0 Å². The summed E-state index contributed by atoms with van der Waals surface area (Å²) >= 11 is 5.95. The van der Waals surface area contributed by atoms with E-state index in [2.05, 4.69) is 38.9 Å². The minimum atomic E-state index is 0.212. The molecule has 0 aliphatic heterocycles. The van der Waals surface area contributed by atoms with Crippen molar-refractivity contribution in [2.45, 2.75) is 26.4 Å². The van der Waals surface area contributed by atoms with Crippen LogP contribution in [0.4, 0.5) is 5.95 Å². The zero-order chi connectivity index (χ0) is 17.1. The van der Waals surface area contributed by atoms with E-state index in [4.69, 9.17) is 11.6 Å². The minimum absolute atomic E-state index is 0.212. The van der Waals surface area contributed by atoms with Crippen LogP contribution in [0.25, 0.3) is 11.3 Å². The van der Waals surface area contributed by atoms with Gasteiger partial charge in [0, 0.05) is 36.1 Å². The molecule has 3 rings (SSSR count). The first-order valence-corrected chi connectivity index (χ1v) is 8.11. The number of aryl methyl sites for hydroxylation is 1. The quantitative estimate of drug-likeness (QED) is 0.711. The van der Waals surface area contributed by atoms with Gasteiger partial charge in [-0.15, -0.1) is 5.10 Å². The van der Waals surface area contributed by atoms with E-state index >= 15 is 0 Å². The second-order valence-corrected chi connectivity index (χ2v) is 6.26. The molecule has 0 unspecified atom stereocenters. The molecule has 2 heterocycles. The third-order valence-electron chi connectivity index (χ3n) is 3.80. The topological polar surface area (TPSA) is 59.7 Å². The molecule has 0 aliphatic rings. The normalized spacial score (nSPS) is 11.0. The first-order valence-electron chi connectivity index (χ1n) is 7.73. The number of rotatable bonds is 5. The summed E-state index contributed by atoms with van der Waals surface area (Å²) in [5.74, 6) is 1.53. The van der Waals surface area contributed by atoms with E-state index in [0.29, 0.717) is 17.5 Å². The lowest BCUT2D eigenvalue weighted by Gasteiger charge is -2.26. The van der Waals surface area contributed by atoms with Gasteiger partial charge < -0.3 is 9.47 Å². The van der Waals surface area contributed by atoms with Crippen LogP contribution in [0.5, 0.6) is 0 Å². The molecule has 0 saturated carbocycles. The summed E-state index contributed by atoms with van der Waals surface area (Å²) in [5, 5.41) is 9.03. The summed E-state index contributed by atoms with van der Waals surface area (Å²) < 4.78 is 1.99. The van der Waals surface area contributed by atoms with Crippen molar-refractivity contribution in [1.29, 1.82) is 0 Å². The molecular weight excluding hydrogens is 324 g/mol. The van der Waals surface area contributed by atoms with E-state index in [1.807, 2.05) is 42.1 Å². The summed E-state index contributed by atoms with van der Waals surface area (Å²) in [5.41, 5.74) is 1.72. The van der Waals surface area contributed by atoms with Crippen molar-refractivity contribution in [3.05, 3.63) is 53.7 Å². The Morgan fingerprint density at radius 2 is 1.96 bits per heavy atom. The van der Waals surface area contributed by atoms with Crippen LogP contribution in [0.2, 0.25) is 5.02 Å². The highest BCUT2D eigenvalue weighted by atomic mass is 35.5. The molecule has 0 atom stereocenters. The second kappa shape index (κ2) is 6.97. The van der Waals surface area contributed by atoms with Crippen LogP contribution >= 0.6 is 11.6 Å². The maximum absolute atomic E-state index is 5.95. The molecule has 1 aromatic carbocycles. The number of hydrogen-bond acceptors (Lipinski definition) is 5. The molecule has 0 spiro atoms. The smallest absolute Gasteiger partial charge is 0.246 e. The van der Waals surface area contributed by atoms with Gasteiger partial charge in [-0.25, -0.2) is 9.97 Å². The maximum Gasteiger partial charge on any atom is 0.246 e. The summed E-state index contributed by atoms with van der Waals surface area (Å²) in [6, 6.07) is 7.74. The Bertz CT molecular complexity index is 812. The predicted octanol–water partition coefficient (Wildman–Crippen LogP) is 3.34. The molecule has 0 N–H and O–H groups in total. The molecule has 0 saturated heterocycles. The molecule has 0 amide bonds. The van der Waals surface area contributed by atoms with Crippen LogP contribution in [-0.4, -0.2) is 30.8 Å². The van der Waals surface area contributed by atoms with Crippen molar-refractivity contribution in [2.24, 2.45) is 7.05 Å². The van der Waals surface area contributed by atoms with Crippen LogP contribution in [0.1, 0.15) is 19.7 Å². The number of halogens is 1. The zero-order valence-corrected chi connectivity index (χ0v) is 14.6. The van der Waals surface area contributed by atoms with Gasteiger partial charge in [0.15, 0.2) is 0 Å². The first kappa shape index (κ1) is 16.4. The first-order chi connectivity index (χ1) is 11.5. The van der Waals surface area contributed by atoms with E-state index < -0.39 is 0 Å². The Morgan fingerprint density at radius 3 is 2.58 bits per heavy atom. The third-order valence-corrected chi connectivity index (χ3v) is 4.05. The van der Waals surface area contributed by atoms with Crippen LogP contribution in [0.3, 0.4) is 0 Å². The van der Waals surface area contributed by atoms with Crippen LogP contribution in [-0.2, 0) is 13.6 Å². The van der Waals surface area contributed by atoms with Crippen LogP contribution in [0.15, 0.2) is 42.9 Å². The molecule has 3 aromatic rings. The van der Waals surface area contributed by atoms with Crippen molar-refractivity contribution in [2.75, 3.05) is 4.90 Å². The van der Waals surface area contributed by atoms with Crippen molar-refractivity contribution in [3.63, 3.8) is 0 Å². The standard InChI is InChI=1S/C17H19ClN6/c1-12(2)24(11-16-19-8-9-23(16)3)17-21-15(10-20-22-17)13-4-6-14(18)7-5-13/h4-10,12H,11H2,1-3H3. The summed E-state index contributed by atoms with van der Waals surface area (Å²) in [6.45, 7) is 4.81. The number of imidazole rings is 1. The highest BCUT2D eigenvalue weighted by Gasteiger charge is 2.17. The predicted molar refractivity (Wildman–Crippen MR) is 94.8 cm³/mol. The minimum Gasteiger partial charge on any atom is -0.337 e. The summed E-state index contributed by atoms with van der Waals surface area (Å²) in [4.78, 5) is 11.1. The van der Waals surface area contributed by atoms with E-state index in [1.54, 1.807) is 12.4 Å². The van der Waals surface area contributed by atoms with Crippen molar-refractivity contribution in [1.82, 2.24) is 24.7 Å². The van der Waals surface area contributed by atoms with E-state index in [0.717, 1.165) is 17.1 Å². The highest BCUT2D eigenvalue weighted by molar-refractivity contribution is 6.30. The zero-order valence-electron chi connectivity index (χ0n) is 13.9. The van der Waals surface area contributed by atoms with E-state index in [-0.39, 0.29) is 6.04 Å². The SMILES string of the molecule is CC(C)N(Cc1nccn1C)c1nncc(-c2ccc(Cl)cc2)n1. The Hall–Kier alpha value is -2.47. The van der Waals surface area contributed by atoms with Gasteiger partial charge in [-0.05, 0) is 26.0 Å². The van der Waals surface area contributed by atoms with E-state index in [1.165, 1.54) is 0 Å². The van der Waals surface area contributed by atoms with Gasteiger partial charge in [0.05, 0.1) is 18.4 Å². The Balaban J connectivity index is 1.92. The van der Waals surface area contributed by atoms with Gasteiger partial charge in [-0.2, -0.15) is 5.10 Å². The molecule has 124 valence electrons. The highest BCUT2D eigenvalue weighted by Crippen LogP contribution is 2.21. The summed E-state index contributed by atoms with van der Waals surface area (Å²) in [6.07, 6.45) is 5.38. The molecule has 0 aliphatic carbocycles. The largest absolute Gasteiger partial charge is 0.337 e. The molecule has 24 heavy (non-hydrogen) atoms. The number of benzene rings is 1. The number of anilines is 1. The lowest BCUT2D eigenvalue weighted by Crippen LogP contribution is -2.33. The number of nitrogens with zero attached hydrogens (tertiary/aromatic N) is 6. The fourth-order valence-electron chi connectivity index (χ4n) is 2.36. The molecule has 0 bridgehead atoms. The fraction of sp³-hybridized carbons (Fsp3) is 0.294. The number of aromatic nitrogens is 5. The van der Waals surface area contributed by atoms with Gasteiger partial charge in [-0.1, -0.05) is 23.7 Å². The Labute approximate surface area is 146 Å². The van der Waals surface area contributed by atoms with Crippen LogP contribution in [0, 0.1) is 0 Å².